The molecule has 120 valence electrons. The highest BCUT2D eigenvalue weighted by molar-refractivity contribution is 5.91. The van der Waals surface area contributed by atoms with E-state index >= 15 is 0 Å². The topological polar surface area (TPSA) is 71.3 Å². The normalized spacial score (nSPS) is 17.0. The lowest BCUT2D eigenvalue weighted by atomic mass is 9.93. The lowest BCUT2D eigenvalue weighted by Crippen LogP contribution is -2.38. The van der Waals surface area contributed by atoms with Gasteiger partial charge < -0.3 is 14.6 Å². The van der Waals surface area contributed by atoms with Crippen molar-refractivity contribution in [1.82, 2.24) is 15.3 Å². The number of furan rings is 1. The van der Waals surface area contributed by atoms with Gasteiger partial charge in [0.2, 0.25) is 11.9 Å². The van der Waals surface area contributed by atoms with Crippen LogP contribution in [0.5, 0.6) is 0 Å². The number of aromatic nitrogens is 2. The molecule has 0 bridgehead atoms. The molecule has 1 amide bonds. The predicted octanol–water partition coefficient (Wildman–Crippen LogP) is 1.82. The van der Waals surface area contributed by atoms with Gasteiger partial charge in [0.1, 0.15) is 5.76 Å². The fourth-order valence-electron chi connectivity index (χ4n) is 2.63. The van der Waals surface area contributed by atoms with Gasteiger partial charge in [-0.15, -0.1) is 0 Å². The van der Waals surface area contributed by atoms with Crippen molar-refractivity contribution in [2.75, 3.05) is 19.0 Å². The number of carbonyl (C=O) groups excluding carboxylic acids is 1. The molecule has 23 heavy (non-hydrogen) atoms. The largest absolute Gasteiger partial charge is 0.465 e. The van der Waals surface area contributed by atoms with E-state index in [1.54, 1.807) is 24.5 Å². The van der Waals surface area contributed by atoms with Crippen molar-refractivity contribution < 1.29 is 9.21 Å². The SMILES string of the molecule is CN(C)c1ncc2c(n1)CCC(NC(=O)/C=C/c1ccco1)C2. The fraction of sp³-hybridized carbons (Fsp3) is 0.353. The van der Waals surface area contributed by atoms with E-state index in [0.717, 1.165) is 36.5 Å². The molecule has 0 aromatic carbocycles. The Balaban J connectivity index is 1.60. The summed E-state index contributed by atoms with van der Waals surface area (Å²) < 4.78 is 5.16. The van der Waals surface area contributed by atoms with Gasteiger partial charge in [0.05, 0.1) is 6.26 Å². The average Bonchev–Trinajstić information content (AvgIpc) is 3.06. The minimum Gasteiger partial charge on any atom is -0.465 e. The zero-order chi connectivity index (χ0) is 16.2. The third-order valence-corrected chi connectivity index (χ3v) is 3.83. The quantitative estimate of drug-likeness (QED) is 0.872. The van der Waals surface area contributed by atoms with Crippen LogP contribution in [0.4, 0.5) is 5.95 Å². The first-order valence-electron chi connectivity index (χ1n) is 7.66. The minimum absolute atomic E-state index is 0.110. The van der Waals surface area contributed by atoms with Gasteiger partial charge in [-0.25, -0.2) is 9.97 Å². The van der Waals surface area contributed by atoms with E-state index < -0.39 is 0 Å². The Hall–Kier alpha value is -2.63. The molecule has 1 unspecified atom stereocenters. The van der Waals surface area contributed by atoms with Gasteiger partial charge in [0, 0.05) is 38.1 Å². The Morgan fingerprint density at radius 1 is 1.48 bits per heavy atom. The molecule has 1 N–H and O–H groups in total. The number of fused-ring (bicyclic) bond motifs is 1. The van der Waals surface area contributed by atoms with Crippen molar-refractivity contribution >= 4 is 17.9 Å². The molecule has 0 spiro atoms. The van der Waals surface area contributed by atoms with Gasteiger partial charge in [0.25, 0.3) is 0 Å². The van der Waals surface area contributed by atoms with E-state index in [4.69, 9.17) is 4.42 Å². The summed E-state index contributed by atoms with van der Waals surface area (Å²) in [6.45, 7) is 0. The number of amides is 1. The summed E-state index contributed by atoms with van der Waals surface area (Å²) in [7, 11) is 3.86. The first-order valence-corrected chi connectivity index (χ1v) is 7.66. The van der Waals surface area contributed by atoms with Crippen molar-refractivity contribution in [2.24, 2.45) is 0 Å². The van der Waals surface area contributed by atoms with Crippen LogP contribution in [-0.2, 0) is 17.6 Å². The van der Waals surface area contributed by atoms with E-state index in [2.05, 4.69) is 15.3 Å². The highest BCUT2D eigenvalue weighted by atomic mass is 16.3. The van der Waals surface area contributed by atoms with Crippen LogP contribution in [0.25, 0.3) is 6.08 Å². The van der Waals surface area contributed by atoms with Crippen LogP contribution in [0.1, 0.15) is 23.4 Å². The Bertz CT molecular complexity index is 707. The summed E-state index contributed by atoms with van der Waals surface area (Å²) in [4.78, 5) is 22.8. The maximum atomic E-state index is 12.0. The van der Waals surface area contributed by atoms with Gasteiger partial charge in [-0.05, 0) is 43.0 Å². The molecule has 0 saturated carbocycles. The molecule has 1 aliphatic carbocycles. The maximum Gasteiger partial charge on any atom is 0.244 e. The van der Waals surface area contributed by atoms with Crippen LogP contribution in [0.15, 0.2) is 35.1 Å². The highest BCUT2D eigenvalue weighted by Gasteiger charge is 2.21. The Labute approximate surface area is 135 Å². The number of aryl methyl sites for hydroxylation is 1. The van der Waals surface area contributed by atoms with E-state index in [1.807, 2.05) is 25.2 Å². The average molecular weight is 312 g/mol. The number of anilines is 1. The van der Waals surface area contributed by atoms with Gasteiger partial charge in [-0.2, -0.15) is 0 Å². The van der Waals surface area contributed by atoms with Gasteiger partial charge >= 0.3 is 0 Å². The molecular formula is C17H20N4O2. The molecule has 2 aromatic heterocycles. The molecule has 6 heteroatoms. The third kappa shape index (κ3) is 3.77. The second-order valence-corrected chi connectivity index (χ2v) is 5.83. The zero-order valence-corrected chi connectivity index (χ0v) is 13.3. The van der Waals surface area contributed by atoms with E-state index in [-0.39, 0.29) is 11.9 Å². The zero-order valence-electron chi connectivity index (χ0n) is 13.3. The molecule has 2 heterocycles. The van der Waals surface area contributed by atoms with Crippen LogP contribution in [0.3, 0.4) is 0 Å². The van der Waals surface area contributed by atoms with Gasteiger partial charge in [-0.1, -0.05) is 0 Å². The summed E-state index contributed by atoms with van der Waals surface area (Å²) in [5.41, 5.74) is 2.20. The molecule has 1 aliphatic rings. The summed E-state index contributed by atoms with van der Waals surface area (Å²) >= 11 is 0. The van der Waals surface area contributed by atoms with Gasteiger partial charge in [0.15, 0.2) is 0 Å². The van der Waals surface area contributed by atoms with Crippen molar-refractivity contribution in [1.29, 1.82) is 0 Å². The first-order chi connectivity index (χ1) is 11.1. The standard InChI is InChI=1S/C17H20N4O2/c1-21(2)17-18-11-12-10-13(5-7-15(12)20-17)19-16(22)8-6-14-4-3-9-23-14/h3-4,6,8-9,11,13H,5,7,10H2,1-2H3,(H,19,22)/b8-6+. The molecule has 0 radical (unpaired) electrons. The molecule has 0 saturated heterocycles. The van der Waals surface area contributed by atoms with Crippen LogP contribution in [0.2, 0.25) is 0 Å². The van der Waals surface area contributed by atoms with E-state index in [9.17, 15) is 4.79 Å². The third-order valence-electron chi connectivity index (χ3n) is 3.83. The fourth-order valence-corrected chi connectivity index (χ4v) is 2.63. The Morgan fingerprint density at radius 3 is 3.09 bits per heavy atom. The number of nitrogens with one attached hydrogen (secondary N) is 1. The molecule has 1 atom stereocenters. The monoisotopic (exact) mass is 312 g/mol. The maximum absolute atomic E-state index is 12.0. The van der Waals surface area contributed by atoms with Crippen LogP contribution < -0.4 is 10.2 Å². The van der Waals surface area contributed by atoms with E-state index in [0.29, 0.717) is 5.76 Å². The van der Waals surface area contributed by atoms with Gasteiger partial charge in [-0.3, -0.25) is 4.79 Å². The first kappa shape index (κ1) is 15.3. The summed E-state index contributed by atoms with van der Waals surface area (Å²) in [5, 5.41) is 3.03. The number of hydrogen-bond acceptors (Lipinski definition) is 5. The van der Waals surface area contributed by atoms with Crippen LogP contribution >= 0.6 is 0 Å². The van der Waals surface area contributed by atoms with E-state index in [1.165, 1.54) is 6.08 Å². The Kier molecular flexibility index (Phi) is 4.41. The predicted molar refractivity (Wildman–Crippen MR) is 88.1 cm³/mol. The van der Waals surface area contributed by atoms with Crippen LogP contribution in [0, 0.1) is 0 Å². The number of nitrogens with zero attached hydrogens (tertiary/aromatic N) is 3. The second-order valence-electron chi connectivity index (χ2n) is 5.83. The molecule has 6 nitrogen and oxygen atoms in total. The summed E-state index contributed by atoms with van der Waals surface area (Å²) in [5.74, 6) is 1.28. The van der Waals surface area contributed by atoms with Crippen molar-refractivity contribution in [3.05, 3.63) is 47.7 Å². The molecule has 0 fully saturated rings. The number of rotatable bonds is 4. The smallest absolute Gasteiger partial charge is 0.244 e. The molecule has 2 aromatic rings. The summed E-state index contributed by atoms with van der Waals surface area (Å²) in [6.07, 6.45) is 9.12. The second kappa shape index (κ2) is 6.64. The lowest BCUT2D eigenvalue weighted by molar-refractivity contribution is -0.117. The number of carbonyl (C=O) groups is 1. The Morgan fingerprint density at radius 2 is 2.35 bits per heavy atom. The minimum atomic E-state index is -0.110. The molecule has 3 rings (SSSR count). The highest BCUT2D eigenvalue weighted by Crippen LogP contribution is 2.21. The number of hydrogen-bond donors (Lipinski definition) is 1. The lowest BCUT2D eigenvalue weighted by Gasteiger charge is -2.25. The van der Waals surface area contributed by atoms with Crippen molar-refractivity contribution in [3.63, 3.8) is 0 Å². The molecular weight excluding hydrogens is 292 g/mol. The molecule has 0 aliphatic heterocycles. The van der Waals surface area contributed by atoms with Crippen LogP contribution in [-0.4, -0.2) is 36.0 Å². The summed E-state index contributed by atoms with van der Waals surface area (Å²) in [6, 6.07) is 3.71. The van der Waals surface area contributed by atoms with Crippen molar-refractivity contribution in [2.45, 2.75) is 25.3 Å². The van der Waals surface area contributed by atoms with Crippen molar-refractivity contribution in [3.8, 4) is 0 Å².